The summed E-state index contributed by atoms with van der Waals surface area (Å²) in [6, 6.07) is 13.3. The summed E-state index contributed by atoms with van der Waals surface area (Å²) in [4.78, 5) is 14.8. The van der Waals surface area contributed by atoms with Crippen molar-refractivity contribution in [3.63, 3.8) is 0 Å². The van der Waals surface area contributed by atoms with Gasteiger partial charge in [0.2, 0.25) is 0 Å². The molecule has 1 amide bonds. The van der Waals surface area contributed by atoms with Gasteiger partial charge < -0.3 is 15.7 Å². The van der Waals surface area contributed by atoms with Crippen molar-refractivity contribution in [2.75, 3.05) is 6.54 Å². The minimum absolute atomic E-state index is 0.0264. The zero-order chi connectivity index (χ0) is 20.6. The van der Waals surface area contributed by atoms with Gasteiger partial charge in [0.15, 0.2) is 0 Å². The van der Waals surface area contributed by atoms with Crippen molar-refractivity contribution in [1.82, 2.24) is 4.90 Å². The Morgan fingerprint density at radius 2 is 1.62 bits per heavy atom. The van der Waals surface area contributed by atoms with Gasteiger partial charge in [0.25, 0.3) is 5.91 Å². The van der Waals surface area contributed by atoms with E-state index in [1.807, 2.05) is 17.0 Å². The second-order valence-corrected chi connectivity index (χ2v) is 8.22. The first-order valence-corrected chi connectivity index (χ1v) is 11.0. The molecule has 0 spiro atoms. The number of carbonyl (C=O) groups is 1. The van der Waals surface area contributed by atoms with Gasteiger partial charge >= 0.3 is 0 Å². The molecule has 3 N–H and O–H groups in total. The van der Waals surface area contributed by atoms with E-state index < -0.39 is 0 Å². The molecule has 4 heteroatoms. The average Bonchev–Trinajstić information content (AvgIpc) is 3.27. The number of phenolic OH excluding ortho intramolecular Hbond substituents is 1. The number of aromatic hydroxyl groups is 1. The van der Waals surface area contributed by atoms with Crippen LogP contribution in [0.5, 0.6) is 5.75 Å². The molecule has 0 aromatic heterocycles. The van der Waals surface area contributed by atoms with Crippen LogP contribution >= 0.6 is 0 Å². The molecule has 1 saturated carbocycles. The Balaban J connectivity index is 0.000000343. The zero-order valence-corrected chi connectivity index (χ0v) is 17.6. The van der Waals surface area contributed by atoms with Crippen molar-refractivity contribution >= 4 is 5.91 Å². The van der Waals surface area contributed by atoms with Gasteiger partial charge in [-0.2, -0.15) is 0 Å². The summed E-state index contributed by atoms with van der Waals surface area (Å²) in [5.74, 6) is 0.246. The minimum Gasteiger partial charge on any atom is -0.508 e. The van der Waals surface area contributed by atoms with Crippen molar-refractivity contribution < 1.29 is 9.90 Å². The monoisotopic (exact) mass is 394 g/mol. The van der Waals surface area contributed by atoms with Crippen LogP contribution in [0.25, 0.3) is 0 Å². The predicted octanol–water partition coefficient (Wildman–Crippen LogP) is 5.48. The average molecular weight is 395 g/mol. The number of nitrogens with two attached hydrogens (primary N) is 1. The Morgan fingerprint density at radius 3 is 2.17 bits per heavy atom. The van der Waals surface area contributed by atoms with Gasteiger partial charge in [-0.1, -0.05) is 62.8 Å². The molecular weight excluding hydrogens is 360 g/mol. The number of hydrogen-bond donors (Lipinski definition) is 2. The number of rotatable bonds is 3. The highest BCUT2D eigenvalue weighted by Crippen LogP contribution is 2.33. The van der Waals surface area contributed by atoms with E-state index in [1.54, 1.807) is 25.1 Å². The van der Waals surface area contributed by atoms with Gasteiger partial charge in [-0.3, -0.25) is 4.79 Å². The first-order valence-electron chi connectivity index (χ1n) is 11.0. The number of aryl methyl sites for hydroxylation is 1. The molecule has 2 aromatic rings. The number of likely N-dealkylation sites (tertiary alicyclic amines) is 1. The first-order chi connectivity index (χ1) is 14.1. The van der Waals surface area contributed by atoms with E-state index in [-0.39, 0.29) is 17.7 Å². The summed E-state index contributed by atoms with van der Waals surface area (Å²) in [5, 5.41) is 9.64. The Kier molecular flexibility index (Phi) is 7.70. The standard InChI is InChI=1S/C19H22N2O2.C6H12/c1-13-11-16(8-9-18(13)22)19(23)21-10-2-3-17(21)15-6-4-14(12-20)5-7-15;1-2-4-6-5-3-1/h4-9,11,17,22H,2-3,10,12,20H2,1H3;1-6H2. The lowest BCUT2D eigenvalue weighted by Crippen LogP contribution is -2.30. The lowest BCUT2D eigenvalue weighted by atomic mass is 10.0. The van der Waals surface area contributed by atoms with Gasteiger partial charge in [0.05, 0.1) is 6.04 Å². The molecule has 1 atom stereocenters. The van der Waals surface area contributed by atoms with E-state index >= 15 is 0 Å². The van der Waals surface area contributed by atoms with Crippen LogP contribution in [0.4, 0.5) is 0 Å². The SMILES string of the molecule is C1CCCCC1.Cc1cc(C(=O)N2CCCC2c2ccc(CN)cc2)ccc1O. The summed E-state index contributed by atoms with van der Waals surface area (Å²) in [5.41, 5.74) is 9.25. The Hall–Kier alpha value is -2.33. The molecule has 2 fully saturated rings. The number of hydrogen-bond acceptors (Lipinski definition) is 3. The molecule has 156 valence electrons. The predicted molar refractivity (Wildman–Crippen MR) is 118 cm³/mol. The van der Waals surface area contributed by atoms with Crippen LogP contribution in [0.3, 0.4) is 0 Å². The molecule has 0 bridgehead atoms. The normalized spacial score (nSPS) is 18.8. The number of amides is 1. The number of phenols is 1. The maximum Gasteiger partial charge on any atom is 0.254 e. The molecule has 1 aliphatic carbocycles. The van der Waals surface area contributed by atoms with Gasteiger partial charge in [0, 0.05) is 18.7 Å². The summed E-state index contributed by atoms with van der Waals surface area (Å²) in [7, 11) is 0. The van der Waals surface area contributed by atoms with Crippen LogP contribution in [-0.2, 0) is 6.54 Å². The van der Waals surface area contributed by atoms with Crippen LogP contribution in [0.1, 0.15) is 84.5 Å². The first kappa shape index (κ1) is 21.4. The topological polar surface area (TPSA) is 66.6 Å². The van der Waals surface area contributed by atoms with Crippen LogP contribution in [0, 0.1) is 6.92 Å². The highest BCUT2D eigenvalue weighted by Gasteiger charge is 2.30. The van der Waals surface area contributed by atoms with E-state index in [4.69, 9.17) is 5.73 Å². The lowest BCUT2D eigenvalue weighted by molar-refractivity contribution is 0.0735. The van der Waals surface area contributed by atoms with Crippen molar-refractivity contribution in [1.29, 1.82) is 0 Å². The second-order valence-electron chi connectivity index (χ2n) is 8.22. The fourth-order valence-electron chi connectivity index (χ4n) is 4.25. The maximum absolute atomic E-state index is 12.8. The van der Waals surface area contributed by atoms with Crippen molar-refractivity contribution in [2.24, 2.45) is 5.73 Å². The molecule has 1 saturated heterocycles. The van der Waals surface area contributed by atoms with Crippen molar-refractivity contribution in [2.45, 2.75) is 70.9 Å². The third-order valence-electron chi connectivity index (χ3n) is 6.06. The molecule has 2 aliphatic rings. The van der Waals surface area contributed by atoms with Gasteiger partial charge in [-0.15, -0.1) is 0 Å². The molecular formula is C25H34N2O2. The summed E-state index contributed by atoms with van der Waals surface area (Å²) in [6.07, 6.45) is 11.0. The number of nitrogens with zero attached hydrogens (tertiary/aromatic N) is 1. The number of benzene rings is 2. The van der Waals surface area contributed by atoms with Crippen molar-refractivity contribution in [3.8, 4) is 5.75 Å². The van der Waals surface area contributed by atoms with E-state index in [9.17, 15) is 9.90 Å². The van der Waals surface area contributed by atoms with Gasteiger partial charge in [-0.05, 0) is 54.7 Å². The summed E-state index contributed by atoms with van der Waals surface area (Å²) < 4.78 is 0. The third kappa shape index (κ3) is 5.60. The molecule has 4 nitrogen and oxygen atoms in total. The molecule has 0 radical (unpaired) electrons. The van der Waals surface area contributed by atoms with Gasteiger partial charge in [0.1, 0.15) is 5.75 Å². The van der Waals surface area contributed by atoms with E-state index in [1.165, 1.54) is 38.5 Å². The van der Waals surface area contributed by atoms with Crippen molar-refractivity contribution in [3.05, 3.63) is 64.7 Å². The number of carbonyl (C=O) groups excluding carboxylic acids is 1. The second kappa shape index (κ2) is 10.4. The Bertz CT molecular complexity index is 785. The lowest BCUT2D eigenvalue weighted by Gasteiger charge is -2.25. The minimum atomic E-state index is 0.0264. The molecule has 1 aliphatic heterocycles. The molecule has 1 heterocycles. The van der Waals surface area contributed by atoms with E-state index in [2.05, 4.69) is 12.1 Å². The molecule has 1 unspecified atom stereocenters. The maximum atomic E-state index is 12.8. The highest BCUT2D eigenvalue weighted by molar-refractivity contribution is 5.95. The summed E-state index contributed by atoms with van der Waals surface area (Å²) >= 11 is 0. The van der Waals surface area contributed by atoms with Crippen LogP contribution in [-0.4, -0.2) is 22.5 Å². The zero-order valence-electron chi connectivity index (χ0n) is 17.6. The van der Waals surface area contributed by atoms with E-state index in [0.717, 1.165) is 36.1 Å². The van der Waals surface area contributed by atoms with Crippen LogP contribution in [0.15, 0.2) is 42.5 Å². The largest absolute Gasteiger partial charge is 0.508 e. The molecule has 4 rings (SSSR count). The molecule has 2 aromatic carbocycles. The van der Waals surface area contributed by atoms with Crippen LogP contribution < -0.4 is 5.73 Å². The summed E-state index contributed by atoms with van der Waals surface area (Å²) in [6.45, 7) is 3.10. The molecule has 29 heavy (non-hydrogen) atoms. The Labute approximate surface area is 174 Å². The Morgan fingerprint density at radius 1 is 1.00 bits per heavy atom. The quantitative estimate of drug-likeness (QED) is 0.725. The fourth-order valence-corrected chi connectivity index (χ4v) is 4.25. The fraction of sp³-hybridized carbons (Fsp3) is 0.480. The van der Waals surface area contributed by atoms with Crippen LogP contribution in [0.2, 0.25) is 0 Å². The van der Waals surface area contributed by atoms with E-state index in [0.29, 0.717) is 12.1 Å². The van der Waals surface area contributed by atoms with Gasteiger partial charge in [-0.25, -0.2) is 0 Å². The smallest absolute Gasteiger partial charge is 0.254 e. The highest BCUT2D eigenvalue weighted by atomic mass is 16.3. The third-order valence-corrected chi connectivity index (χ3v) is 6.06.